The number of carbonyl (C=O) groups is 2. The third-order valence-electron chi connectivity index (χ3n) is 5.40. The number of hydrogen-bond acceptors (Lipinski definition) is 4. The van der Waals surface area contributed by atoms with Crippen LogP contribution in [0.15, 0.2) is 24.3 Å². The topological polar surface area (TPSA) is 76.5 Å². The number of benzene rings is 1. The Morgan fingerprint density at radius 3 is 2.43 bits per heavy atom. The van der Waals surface area contributed by atoms with E-state index >= 15 is 0 Å². The van der Waals surface area contributed by atoms with Gasteiger partial charge in [-0.25, -0.2) is 0 Å². The zero-order valence-corrected chi connectivity index (χ0v) is 18.4. The number of nitrogens with one attached hydrogen (secondary N) is 1. The molecule has 7 nitrogen and oxygen atoms in total. The van der Waals surface area contributed by atoms with Gasteiger partial charge in [0.15, 0.2) is 0 Å². The van der Waals surface area contributed by atoms with E-state index in [-0.39, 0.29) is 11.8 Å². The first-order valence-corrected chi connectivity index (χ1v) is 10.6. The highest BCUT2D eigenvalue weighted by Crippen LogP contribution is 2.15. The lowest BCUT2D eigenvalue weighted by atomic mass is 10.1. The summed E-state index contributed by atoms with van der Waals surface area (Å²) in [5.41, 5.74) is 4.60. The van der Waals surface area contributed by atoms with Crippen LogP contribution in [-0.2, 0) is 29.0 Å². The van der Waals surface area contributed by atoms with Crippen LogP contribution in [0.25, 0.3) is 0 Å². The molecule has 1 aromatic carbocycles. The summed E-state index contributed by atoms with van der Waals surface area (Å²) in [4.78, 5) is 26.8. The molecule has 0 atom stereocenters. The number of aromatic nitrogens is 2. The fourth-order valence-corrected chi connectivity index (χ4v) is 3.65. The monoisotopic (exact) mass is 412 g/mol. The predicted octanol–water partition coefficient (Wildman–Crippen LogP) is 2.49. The predicted molar refractivity (Wildman–Crippen MR) is 115 cm³/mol. The molecule has 2 heterocycles. The van der Waals surface area contributed by atoms with E-state index in [1.807, 2.05) is 47.7 Å². The average Bonchev–Trinajstić information content (AvgIpc) is 2.99. The lowest BCUT2D eigenvalue weighted by Crippen LogP contribution is -2.40. The van der Waals surface area contributed by atoms with Crippen molar-refractivity contribution >= 4 is 11.8 Å². The highest BCUT2D eigenvalue weighted by molar-refractivity contribution is 5.94. The Morgan fingerprint density at radius 1 is 1.13 bits per heavy atom. The molecule has 1 aliphatic rings. The maximum Gasteiger partial charge on any atom is 0.254 e. The van der Waals surface area contributed by atoms with Crippen molar-refractivity contribution in [3.8, 4) is 0 Å². The highest BCUT2D eigenvalue weighted by atomic mass is 16.5. The van der Waals surface area contributed by atoms with Crippen molar-refractivity contribution in [1.29, 1.82) is 0 Å². The maximum atomic E-state index is 12.5. The molecule has 1 aliphatic heterocycles. The van der Waals surface area contributed by atoms with Gasteiger partial charge in [0.1, 0.15) is 0 Å². The summed E-state index contributed by atoms with van der Waals surface area (Å²) >= 11 is 0. The van der Waals surface area contributed by atoms with Gasteiger partial charge in [-0.05, 0) is 37.5 Å². The van der Waals surface area contributed by atoms with Crippen LogP contribution in [0, 0.1) is 19.8 Å². The zero-order chi connectivity index (χ0) is 21.7. The summed E-state index contributed by atoms with van der Waals surface area (Å²) in [7, 11) is 0. The van der Waals surface area contributed by atoms with Gasteiger partial charge in [0.2, 0.25) is 5.91 Å². The Hall–Kier alpha value is -2.67. The van der Waals surface area contributed by atoms with Crippen molar-refractivity contribution < 1.29 is 14.3 Å². The van der Waals surface area contributed by atoms with Crippen LogP contribution in [0.5, 0.6) is 0 Å². The zero-order valence-electron chi connectivity index (χ0n) is 18.4. The van der Waals surface area contributed by atoms with Crippen molar-refractivity contribution in [1.82, 2.24) is 20.0 Å². The number of nitrogens with zero attached hydrogens (tertiary/aromatic N) is 3. The average molecular weight is 413 g/mol. The summed E-state index contributed by atoms with van der Waals surface area (Å²) in [5.74, 6) is 0.500. The van der Waals surface area contributed by atoms with E-state index < -0.39 is 0 Å². The van der Waals surface area contributed by atoms with Crippen LogP contribution in [0.3, 0.4) is 0 Å². The Morgan fingerprint density at radius 2 is 1.80 bits per heavy atom. The summed E-state index contributed by atoms with van der Waals surface area (Å²) in [6.07, 6.45) is 0.323. The van der Waals surface area contributed by atoms with Gasteiger partial charge in [-0.1, -0.05) is 26.0 Å². The number of hydrogen-bond donors (Lipinski definition) is 1. The molecule has 0 unspecified atom stereocenters. The smallest absolute Gasteiger partial charge is 0.254 e. The normalized spacial score (nSPS) is 14.2. The summed E-state index contributed by atoms with van der Waals surface area (Å²) in [6, 6.07) is 7.43. The first-order valence-electron chi connectivity index (χ1n) is 10.6. The molecule has 2 aromatic rings. The van der Waals surface area contributed by atoms with Crippen LogP contribution >= 0.6 is 0 Å². The highest BCUT2D eigenvalue weighted by Gasteiger charge is 2.18. The van der Waals surface area contributed by atoms with Gasteiger partial charge in [-0.2, -0.15) is 5.10 Å². The molecule has 1 aromatic heterocycles. The number of ether oxygens (including phenoxy) is 1. The molecular formula is C23H32N4O3. The van der Waals surface area contributed by atoms with E-state index in [9.17, 15) is 9.59 Å². The third-order valence-corrected chi connectivity index (χ3v) is 5.40. The fraction of sp³-hybridized carbons (Fsp3) is 0.522. The molecule has 30 heavy (non-hydrogen) atoms. The van der Waals surface area contributed by atoms with Crippen LogP contribution in [0.2, 0.25) is 0 Å². The third kappa shape index (κ3) is 5.48. The first kappa shape index (κ1) is 22.0. The lowest BCUT2D eigenvalue weighted by molar-refractivity contribution is -0.120. The quantitative estimate of drug-likeness (QED) is 0.758. The molecule has 1 saturated heterocycles. The molecule has 0 bridgehead atoms. The van der Waals surface area contributed by atoms with Gasteiger partial charge in [-0.15, -0.1) is 0 Å². The number of carbonyl (C=O) groups excluding carboxylic acids is 2. The first-order chi connectivity index (χ1) is 14.3. The molecule has 0 radical (unpaired) electrons. The Kier molecular flexibility index (Phi) is 7.26. The van der Waals surface area contributed by atoms with Crippen molar-refractivity contribution in [2.24, 2.45) is 5.92 Å². The second kappa shape index (κ2) is 9.89. The minimum atomic E-state index is -0.0289. The standard InChI is InChI=1S/C23H32N4O3/c1-16(2)15-27-18(4)21(17(3)25-27)13-22(28)24-14-19-5-7-20(8-6-19)23(29)26-9-11-30-12-10-26/h5-8,16H,9-15H2,1-4H3,(H,24,28). The van der Waals surface area contributed by atoms with Crippen molar-refractivity contribution in [3.63, 3.8) is 0 Å². The minimum Gasteiger partial charge on any atom is -0.378 e. The molecule has 0 aliphatic carbocycles. The molecule has 7 heteroatoms. The minimum absolute atomic E-state index is 0.0262. The van der Waals surface area contributed by atoms with Gasteiger partial charge in [0.05, 0.1) is 25.3 Å². The van der Waals surface area contributed by atoms with Gasteiger partial charge < -0.3 is 15.0 Å². The van der Waals surface area contributed by atoms with E-state index in [2.05, 4.69) is 24.3 Å². The van der Waals surface area contributed by atoms with Crippen LogP contribution < -0.4 is 5.32 Å². The Bertz CT molecular complexity index is 881. The van der Waals surface area contributed by atoms with Gasteiger partial charge in [-0.3, -0.25) is 14.3 Å². The molecule has 2 amide bonds. The molecule has 0 spiro atoms. The van der Waals surface area contributed by atoms with E-state index in [1.54, 1.807) is 0 Å². The second-order valence-electron chi connectivity index (χ2n) is 8.28. The van der Waals surface area contributed by atoms with Crippen LogP contribution in [0.1, 0.15) is 46.7 Å². The van der Waals surface area contributed by atoms with E-state index in [1.165, 1.54) is 0 Å². The fourth-order valence-electron chi connectivity index (χ4n) is 3.65. The van der Waals surface area contributed by atoms with E-state index in [4.69, 9.17) is 4.74 Å². The van der Waals surface area contributed by atoms with Gasteiger partial charge in [0, 0.05) is 43.0 Å². The molecular weight excluding hydrogens is 380 g/mol. The van der Waals surface area contributed by atoms with E-state index in [0.29, 0.717) is 50.8 Å². The summed E-state index contributed by atoms with van der Waals surface area (Å²) in [6.45, 7) is 12.0. The van der Waals surface area contributed by atoms with Crippen molar-refractivity contribution in [2.45, 2.75) is 47.2 Å². The molecule has 0 saturated carbocycles. The van der Waals surface area contributed by atoms with Gasteiger partial charge >= 0.3 is 0 Å². The van der Waals surface area contributed by atoms with Crippen molar-refractivity contribution in [2.75, 3.05) is 26.3 Å². The number of morpholine rings is 1. The molecule has 1 fully saturated rings. The summed E-state index contributed by atoms with van der Waals surface area (Å²) in [5, 5.41) is 7.56. The number of amides is 2. The SMILES string of the molecule is Cc1nn(CC(C)C)c(C)c1CC(=O)NCc1ccc(C(=O)N2CCOCC2)cc1. The molecule has 3 rings (SSSR count). The maximum absolute atomic E-state index is 12.5. The number of rotatable bonds is 7. The van der Waals surface area contributed by atoms with Crippen LogP contribution in [0.4, 0.5) is 0 Å². The molecule has 162 valence electrons. The van der Waals surface area contributed by atoms with E-state index in [0.717, 1.165) is 29.1 Å². The Labute approximate surface area is 178 Å². The summed E-state index contributed by atoms with van der Waals surface area (Å²) < 4.78 is 7.29. The van der Waals surface area contributed by atoms with Crippen molar-refractivity contribution in [3.05, 3.63) is 52.3 Å². The second-order valence-corrected chi connectivity index (χ2v) is 8.28. The largest absolute Gasteiger partial charge is 0.378 e. The number of aryl methyl sites for hydroxylation is 1. The lowest BCUT2D eigenvalue weighted by Gasteiger charge is -2.26. The van der Waals surface area contributed by atoms with Gasteiger partial charge in [0.25, 0.3) is 5.91 Å². The molecule has 1 N–H and O–H groups in total. The Balaban J connectivity index is 1.54. The van der Waals surface area contributed by atoms with Crippen LogP contribution in [-0.4, -0.2) is 52.8 Å².